The number of rotatable bonds is 7. The summed E-state index contributed by atoms with van der Waals surface area (Å²) >= 11 is 0. The quantitative estimate of drug-likeness (QED) is 0.608. The first kappa shape index (κ1) is 22.8. The second-order valence-corrected chi connectivity index (χ2v) is 9.39. The lowest BCUT2D eigenvalue weighted by Gasteiger charge is -2.33. The Hall–Kier alpha value is -2.97. The third kappa shape index (κ3) is 3.15. The highest BCUT2D eigenvalue weighted by Crippen LogP contribution is 2.64. The number of nitrogens with zero attached hydrogens (tertiary/aromatic N) is 1. The fraction of sp³-hybridized carbons (Fsp3) is 0.500. The Kier molecular flexibility index (Phi) is 5.61. The average molecular weight is 467 g/mol. The van der Waals surface area contributed by atoms with Gasteiger partial charge in [-0.15, -0.1) is 0 Å². The summed E-state index contributed by atoms with van der Waals surface area (Å²) < 4.78 is 11.9. The SMILES string of the molecule is CCOC(=O)[C@@H]1[C@H]2C(=O)N(CCO)C(C(=O)Nc3ccc4ccccc4c3)C23CC[C@@]1(CC)O3. The van der Waals surface area contributed by atoms with Gasteiger partial charge in [-0.2, -0.15) is 0 Å². The molecule has 0 aliphatic carbocycles. The van der Waals surface area contributed by atoms with Crippen LogP contribution in [0.2, 0.25) is 0 Å². The molecule has 8 heteroatoms. The lowest BCUT2D eigenvalue weighted by Crippen LogP contribution is -2.53. The Balaban J connectivity index is 1.52. The van der Waals surface area contributed by atoms with Gasteiger partial charge >= 0.3 is 5.97 Å². The molecule has 3 aliphatic heterocycles. The second-order valence-electron chi connectivity index (χ2n) is 9.39. The molecular formula is C26H30N2O6. The Labute approximate surface area is 198 Å². The van der Waals surface area contributed by atoms with Gasteiger partial charge in [0.1, 0.15) is 17.6 Å². The summed E-state index contributed by atoms with van der Waals surface area (Å²) in [6.45, 7) is 3.57. The van der Waals surface area contributed by atoms with Gasteiger partial charge in [-0.3, -0.25) is 14.4 Å². The number of ether oxygens (including phenoxy) is 2. The van der Waals surface area contributed by atoms with E-state index in [9.17, 15) is 19.5 Å². The van der Waals surface area contributed by atoms with Crippen molar-refractivity contribution < 1.29 is 29.0 Å². The van der Waals surface area contributed by atoms with Crippen molar-refractivity contribution >= 4 is 34.2 Å². The smallest absolute Gasteiger partial charge is 0.312 e. The standard InChI is InChI=1S/C26H30N2O6/c1-3-25-11-12-26(34-25)19(20(25)24(32)33-4-2)23(31)28(13-14-29)21(26)22(30)27-18-10-9-16-7-5-6-8-17(16)15-18/h5-10,15,19-21,29H,3-4,11-14H2,1-2H3,(H,27,30)/t19-,20-,21?,25+,26?/m0/s1. The molecule has 3 aliphatic rings. The molecule has 2 amide bonds. The topological polar surface area (TPSA) is 105 Å². The molecule has 2 aromatic rings. The molecule has 5 rings (SSSR count). The molecule has 2 aromatic carbocycles. The minimum atomic E-state index is -1.12. The third-order valence-electron chi connectivity index (χ3n) is 7.83. The van der Waals surface area contributed by atoms with Gasteiger partial charge in [0.25, 0.3) is 0 Å². The van der Waals surface area contributed by atoms with E-state index in [0.29, 0.717) is 24.9 Å². The molecule has 5 atom stereocenters. The molecule has 2 unspecified atom stereocenters. The number of carbonyl (C=O) groups is 3. The highest BCUT2D eigenvalue weighted by Gasteiger charge is 2.78. The van der Waals surface area contributed by atoms with Crippen LogP contribution < -0.4 is 5.32 Å². The van der Waals surface area contributed by atoms with E-state index < -0.39 is 35.0 Å². The predicted molar refractivity (Wildman–Crippen MR) is 125 cm³/mol. The number of aliphatic hydroxyl groups is 1. The highest BCUT2D eigenvalue weighted by molar-refractivity contribution is 6.04. The summed E-state index contributed by atoms with van der Waals surface area (Å²) in [4.78, 5) is 41.8. The zero-order valence-corrected chi connectivity index (χ0v) is 19.5. The van der Waals surface area contributed by atoms with Crippen LogP contribution in [0.15, 0.2) is 42.5 Å². The number of anilines is 1. The fourth-order valence-corrected chi connectivity index (χ4v) is 6.44. The van der Waals surface area contributed by atoms with Crippen molar-refractivity contribution in [2.24, 2.45) is 11.8 Å². The molecule has 2 N–H and O–H groups in total. The number of hydrogen-bond acceptors (Lipinski definition) is 6. The first-order chi connectivity index (χ1) is 16.4. The molecule has 3 heterocycles. The van der Waals surface area contributed by atoms with Gasteiger partial charge in [0.2, 0.25) is 11.8 Å². The highest BCUT2D eigenvalue weighted by atomic mass is 16.6. The Morgan fingerprint density at radius 1 is 1.18 bits per heavy atom. The molecule has 3 fully saturated rings. The third-order valence-corrected chi connectivity index (χ3v) is 7.83. The van der Waals surface area contributed by atoms with Crippen molar-refractivity contribution in [3.63, 3.8) is 0 Å². The number of amides is 2. The van der Waals surface area contributed by atoms with Crippen molar-refractivity contribution in [2.45, 2.75) is 50.4 Å². The number of esters is 1. The predicted octanol–water partition coefficient (Wildman–Crippen LogP) is 2.49. The van der Waals surface area contributed by atoms with E-state index in [-0.39, 0.29) is 31.6 Å². The first-order valence-corrected chi connectivity index (χ1v) is 12.0. The summed E-state index contributed by atoms with van der Waals surface area (Å²) in [5, 5.41) is 14.7. The lowest BCUT2D eigenvalue weighted by molar-refractivity contribution is -0.160. The molecule has 0 radical (unpaired) electrons. The van der Waals surface area contributed by atoms with Crippen LogP contribution >= 0.6 is 0 Å². The summed E-state index contributed by atoms with van der Waals surface area (Å²) in [5.74, 6) is -2.74. The fourth-order valence-electron chi connectivity index (χ4n) is 6.44. The number of hydrogen-bond donors (Lipinski definition) is 2. The van der Waals surface area contributed by atoms with Gasteiger partial charge in [0.15, 0.2) is 0 Å². The van der Waals surface area contributed by atoms with Gasteiger partial charge in [-0.1, -0.05) is 37.3 Å². The van der Waals surface area contributed by atoms with E-state index >= 15 is 0 Å². The van der Waals surface area contributed by atoms with Crippen molar-refractivity contribution in [2.75, 3.05) is 25.1 Å². The molecule has 2 bridgehead atoms. The van der Waals surface area contributed by atoms with Crippen LogP contribution in [0.5, 0.6) is 0 Å². The number of benzene rings is 2. The van der Waals surface area contributed by atoms with Gasteiger partial charge in [-0.05, 0) is 49.1 Å². The van der Waals surface area contributed by atoms with Gasteiger partial charge < -0.3 is 24.8 Å². The molecule has 1 spiro atoms. The Morgan fingerprint density at radius 2 is 1.94 bits per heavy atom. The van der Waals surface area contributed by atoms with Crippen LogP contribution in [0.3, 0.4) is 0 Å². The van der Waals surface area contributed by atoms with E-state index in [0.717, 1.165) is 10.8 Å². The van der Waals surface area contributed by atoms with Crippen molar-refractivity contribution in [1.82, 2.24) is 4.90 Å². The maximum absolute atomic E-state index is 13.7. The average Bonchev–Trinajstić information content (AvgIpc) is 3.43. The summed E-state index contributed by atoms with van der Waals surface area (Å²) in [7, 11) is 0. The minimum absolute atomic E-state index is 0.00901. The number of nitrogens with one attached hydrogen (secondary N) is 1. The van der Waals surface area contributed by atoms with E-state index in [4.69, 9.17) is 9.47 Å². The number of carbonyl (C=O) groups excluding carboxylic acids is 3. The van der Waals surface area contributed by atoms with Gasteiger partial charge in [0, 0.05) is 12.2 Å². The lowest BCUT2D eigenvalue weighted by atomic mass is 9.65. The van der Waals surface area contributed by atoms with Gasteiger partial charge in [0.05, 0.1) is 24.7 Å². The summed E-state index contributed by atoms with van der Waals surface area (Å²) in [6.07, 6.45) is 1.61. The monoisotopic (exact) mass is 466 g/mol. The van der Waals surface area contributed by atoms with E-state index in [1.54, 1.807) is 6.92 Å². The van der Waals surface area contributed by atoms with Gasteiger partial charge in [-0.25, -0.2) is 0 Å². The van der Waals surface area contributed by atoms with E-state index in [1.165, 1.54) is 4.90 Å². The van der Waals surface area contributed by atoms with Crippen molar-refractivity contribution in [1.29, 1.82) is 0 Å². The van der Waals surface area contributed by atoms with Crippen LogP contribution in [0.25, 0.3) is 10.8 Å². The molecule has 3 saturated heterocycles. The van der Waals surface area contributed by atoms with Crippen LogP contribution in [-0.2, 0) is 23.9 Å². The maximum Gasteiger partial charge on any atom is 0.312 e. The minimum Gasteiger partial charge on any atom is -0.466 e. The largest absolute Gasteiger partial charge is 0.466 e. The number of likely N-dealkylation sites (tertiary alicyclic amines) is 1. The number of β-amino-alcohol motifs (C(OH)–C–C–N with tert-alkyl or cyclic N) is 1. The Bertz CT molecular complexity index is 1150. The van der Waals surface area contributed by atoms with Crippen molar-refractivity contribution in [3.8, 4) is 0 Å². The normalized spacial score (nSPS) is 31.7. The summed E-state index contributed by atoms with van der Waals surface area (Å²) in [6, 6.07) is 12.5. The first-order valence-electron chi connectivity index (χ1n) is 12.0. The van der Waals surface area contributed by atoms with Crippen LogP contribution in [0.4, 0.5) is 5.69 Å². The van der Waals surface area contributed by atoms with Crippen LogP contribution in [-0.4, -0.2) is 64.8 Å². The number of fused-ring (bicyclic) bond motifs is 2. The van der Waals surface area contributed by atoms with Crippen molar-refractivity contribution in [3.05, 3.63) is 42.5 Å². The summed E-state index contributed by atoms with van der Waals surface area (Å²) in [5.41, 5.74) is -1.33. The molecular weight excluding hydrogens is 436 g/mol. The Morgan fingerprint density at radius 3 is 2.65 bits per heavy atom. The van der Waals surface area contributed by atoms with E-state index in [1.807, 2.05) is 49.4 Å². The second kappa shape index (κ2) is 8.36. The van der Waals surface area contributed by atoms with Crippen LogP contribution in [0.1, 0.15) is 33.1 Å². The zero-order chi connectivity index (χ0) is 24.1. The molecule has 8 nitrogen and oxygen atoms in total. The molecule has 0 saturated carbocycles. The molecule has 0 aromatic heterocycles. The molecule has 34 heavy (non-hydrogen) atoms. The van der Waals surface area contributed by atoms with E-state index in [2.05, 4.69) is 5.32 Å². The maximum atomic E-state index is 13.7. The zero-order valence-electron chi connectivity index (χ0n) is 19.5. The molecule has 180 valence electrons. The van der Waals surface area contributed by atoms with Crippen LogP contribution in [0, 0.1) is 11.8 Å². The number of aliphatic hydroxyl groups excluding tert-OH is 1.